The van der Waals surface area contributed by atoms with E-state index in [4.69, 9.17) is 5.11 Å². The Kier molecular flexibility index (Phi) is 5.09. The van der Waals surface area contributed by atoms with Gasteiger partial charge in [-0.15, -0.1) is 0 Å². The number of benzene rings is 1. The minimum atomic E-state index is -0.927. The van der Waals surface area contributed by atoms with Gasteiger partial charge < -0.3 is 9.67 Å². The average Bonchev–Trinajstić information content (AvgIpc) is 2.49. The molecule has 0 spiro atoms. The zero-order valence-corrected chi connectivity index (χ0v) is 12.4. The molecule has 0 aliphatic carbocycles. The standard InChI is InChI=1S/C17H18FNO3/c1-2-11-19-15(12-3-7-14(18)8-4-12)9-5-13(17(19)22)6-10-16(20)21/h3-5,7-9H,2,6,10-11H2,1H3,(H,20,21). The third-order valence-electron chi connectivity index (χ3n) is 3.45. The number of carboxylic acids is 1. The molecule has 4 nitrogen and oxygen atoms in total. The number of halogens is 1. The summed E-state index contributed by atoms with van der Waals surface area (Å²) < 4.78 is 14.7. The third kappa shape index (κ3) is 3.61. The molecule has 0 radical (unpaired) electrons. The van der Waals surface area contributed by atoms with Crippen molar-refractivity contribution >= 4 is 5.97 Å². The summed E-state index contributed by atoms with van der Waals surface area (Å²) in [5, 5.41) is 8.75. The van der Waals surface area contributed by atoms with E-state index < -0.39 is 5.97 Å². The van der Waals surface area contributed by atoms with E-state index in [1.165, 1.54) is 12.1 Å². The van der Waals surface area contributed by atoms with Crippen molar-refractivity contribution in [3.05, 3.63) is 58.1 Å². The van der Waals surface area contributed by atoms with Crippen LogP contribution in [0.4, 0.5) is 4.39 Å². The van der Waals surface area contributed by atoms with Crippen molar-refractivity contribution in [3.8, 4) is 11.3 Å². The minimum absolute atomic E-state index is 0.0722. The summed E-state index contributed by atoms with van der Waals surface area (Å²) in [6.07, 6.45) is 0.912. The van der Waals surface area contributed by atoms with Gasteiger partial charge in [0, 0.05) is 18.5 Å². The number of pyridine rings is 1. The van der Waals surface area contributed by atoms with Gasteiger partial charge in [-0.2, -0.15) is 0 Å². The van der Waals surface area contributed by atoms with Crippen LogP contribution >= 0.6 is 0 Å². The number of aliphatic carboxylic acids is 1. The molecule has 116 valence electrons. The molecule has 2 rings (SSSR count). The summed E-state index contributed by atoms with van der Waals surface area (Å²) >= 11 is 0. The van der Waals surface area contributed by atoms with E-state index in [0.717, 1.165) is 12.0 Å². The third-order valence-corrected chi connectivity index (χ3v) is 3.45. The fourth-order valence-corrected chi connectivity index (χ4v) is 2.37. The van der Waals surface area contributed by atoms with E-state index >= 15 is 0 Å². The summed E-state index contributed by atoms with van der Waals surface area (Å²) in [5.74, 6) is -1.25. The second kappa shape index (κ2) is 7.02. The van der Waals surface area contributed by atoms with E-state index in [-0.39, 0.29) is 24.2 Å². The van der Waals surface area contributed by atoms with Crippen LogP contribution in [0.15, 0.2) is 41.2 Å². The van der Waals surface area contributed by atoms with Crippen LogP contribution in [0.5, 0.6) is 0 Å². The van der Waals surface area contributed by atoms with Gasteiger partial charge in [-0.05, 0) is 48.7 Å². The van der Waals surface area contributed by atoms with E-state index in [2.05, 4.69) is 0 Å². The monoisotopic (exact) mass is 303 g/mol. The maximum absolute atomic E-state index is 13.0. The molecule has 22 heavy (non-hydrogen) atoms. The first-order valence-electron chi connectivity index (χ1n) is 7.23. The van der Waals surface area contributed by atoms with Crippen molar-refractivity contribution in [1.82, 2.24) is 4.57 Å². The highest BCUT2D eigenvalue weighted by atomic mass is 19.1. The Labute approximate surface area is 127 Å². The number of aryl methyl sites for hydroxylation is 1. The molecule has 1 aromatic heterocycles. The highest BCUT2D eigenvalue weighted by Crippen LogP contribution is 2.19. The molecule has 5 heteroatoms. The molecule has 1 N–H and O–H groups in total. The lowest BCUT2D eigenvalue weighted by atomic mass is 10.1. The van der Waals surface area contributed by atoms with Gasteiger partial charge in [0.2, 0.25) is 0 Å². The Balaban J connectivity index is 2.46. The van der Waals surface area contributed by atoms with Gasteiger partial charge >= 0.3 is 5.97 Å². The van der Waals surface area contributed by atoms with Gasteiger partial charge in [-0.1, -0.05) is 13.0 Å². The van der Waals surface area contributed by atoms with Crippen LogP contribution in [0.1, 0.15) is 25.3 Å². The summed E-state index contributed by atoms with van der Waals surface area (Å²) in [4.78, 5) is 23.2. The summed E-state index contributed by atoms with van der Waals surface area (Å²) in [6, 6.07) is 9.43. The van der Waals surface area contributed by atoms with Gasteiger partial charge in [-0.3, -0.25) is 9.59 Å². The zero-order chi connectivity index (χ0) is 16.1. The highest BCUT2D eigenvalue weighted by Gasteiger charge is 2.11. The minimum Gasteiger partial charge on any atom is -0.481 e. The molecule has 1 heterocycles. The molecule has 0 unspecified atom stereocenters. The normalized spacial score (nSPS) is 10.6. The van der Waals surface area contributed by atoms with Crippen LogP contribution in [0.2, 0.25) is 0 Å². The first-order chi connectivity index (χ1) is 10.5. The highest BCUT2D eigenvalue weighted by molar-refractivity contribution is 5.67. The van der Waals surface area contributed by atoms with Gasteiger partial charge in [0.05, 0.1) is 5.69 Å². The van der Waals surface area contributed by atoms with Crippen LogP contribution in [0, 0.1) is 5.82 Å². The fourth-order valence-electron chi connectivity index (χ4n) is 2.37. The molecular formula is C17H18FNO3. The predicted molar refractivity (Wildman–Crippen MR) is 82.3 cm³/mol. The molecule has 0 aliphatic rings. The van der Waals surface area contributed by atoms with Gasteiger partial charge in [-0.25, -0.2) is 4.39 Å². The van der Waals surface area contributed by atoms with Gasteiger partial charge in [0.25, 0.3) is 5.56 Å². The van der Waals surface area contributed by atoms with E-state index in [9.17, 15) is 14.0 Å². The number of rotatable bonds is 6. The molecule has 0 bridgehead atoms. The molecule has 0 saturated heterocycles. The molecule has 2 aromatic rings. The number of aromatic nitrogens is 1. The fraction of sp³-hybridized carbons (Fsp3) is 0.294. The molecule has 0 fully saturated rings. The molecule has 0 amide bonds. The van der Waals surface area contributed by atoms with Gasteiger partial charge in [0.15, 0.2) is 0 Å². The molecule has 0 saturated carbocycles. The van der Waals surface area contributed by atoms with Crippen LogP contribution in [0.25, 0.3) is 11.3 Å². The van der Waals surface area contributed by atoms with E-state index in [1.807, 2.05) is 6.92 Å². The first kappa shape index (κ1) is 15.9. The van der Waals surface area contributed by atoms with Crippen LogP contribution in [0.3, 0.4) is 0 Å². The van der Waals surface area contributed by atoms with Crippen LogP contribution in [-0.4, -0.2) is 15.6 Å². The predicted octanol–water partition coefficient (Wildman–Crippen LogP) is 3.08. The Hall–Kier alpha value is -2.43. The second-order valence-corrected chi connectivity index (χ2v) is 5.10. The smallest absolute Gasteiger partial charge is 0.303 e. The summed E-state index contributed by atoms with van der Waals surface area (Å²) in [7, 11) is 0. The Morgan fingerprint density at radius 2 is 1.86 bits per heavy atom. The molecule has 0 aliphatic heterocycles. The number of carboxylic acid groups (broad SMARTS) is 1. The second-order valence-electron chi connectivity index (χ2n) is 5.10. The molecule has 1 aromatic carbocycles. The number of hydrogen-bond donors (Lipinski definition) is 1. The maximum atomic E-state index is 13.0. The number of nitrogens with zero attached hydrogens (tertiary/aromatic N) is 1. The Morgan fingerprint density at radius 3 is 2.45 bits per heavy atom. The maximum Gasteiger partial charge on any atom is 0.303 e. The zero-order valence-electron chi connectivity index (χ0n) is 12.4. The van der Waals surface area contributed by atoms with Crippen molar-refractivity contribution in [1.29, 1.82) is 0 Å². The largest absolute Gasteiger partial charge is 0.481 e. The SMILES string of the molecule is CCCn1c(-c2ccc(F)cc2)ccc(CCC(=O)O)c1=O. The van der Waals surface area contributed by atoms with Crippen LogP contribution in [-0.2, 0) is 17.8 Å². The van der Waals surface area contributed by atoms with Crippen molar-refractivity contribution in [3.63, 3.8) is 0 Å². The van der Waals surface area contributed by atoms with E-state index in [0.29, 0.717) is 17.8 Å². The lowest BCUT2D eigenvalue weighted by Gasteiger charge is -2.14. The lowest BCUT2D eigenvalue weighted by Crippen LogP contribution is -2.25. The number of carbonyl (C=O) groups is 1. The van der Waals surface area contributed by atoms with Crippen molar-refractivity contribution in [2.75, 3.05) is 0 Å². The summed E-state index contributed by atoms with van der Waals surface area (Å²) in [5.41, 5.74) is 1.79. The molecular weight excluding hydrogens is 285 g/mol. The topological polar surface area (TPSA) is 59.3 Å². The van der Waals surface area contributed by atoms with Crippen molar-refractivity contribution in [2.24, 2.45) is 0 Å². The quantitative estimate of drug-likeness (QED) is 0.892. The van der Waals surface area contributed by atoms with E-state index in [1.54, 1.807) is 28.8 Å². The lowest BCUT2D eigenvalue weighted by molar-refractivity contribution is -0.136. The summed E-state index contributed by atoms with van der Waals surface area (Å²) in [6.45, 7) is 2.50. The van der Waals surface area contributed by atoms with Crippen molar-refractivity contribution < 1.29 is 14.3 Å². The molecule has 0 atom stereocenters. The van der Waals surface area contributed by atoms with Crippen LogP contribution < -0.4 is 5.56 Å². The number of hydrogen-bond acceptors (Lipinski definition) is 2. The Bertz CT molecular complexity index is 720. The Morgan fingerprint density at radius 1 is 1.18 bits per heavy atom. The van der Waals surface area contributed by atoms with Crippen molar-refractivity contribution in [2.45, 2.75) is 32.7 Å². The average molecular weight is 303 g/mol. The first-order valence-corrected chi connectivity index (χ1v) is 7.23. The van der Waals surface area contributed by atoms with Gasteiger partial charge in [0.1, 0.15) is 5.82 Å².